The summed E-state index contributed by atoms with van der Waals surface area (Å²) < 4.78 is 5.78. The quantitative estimate of drug-likeness (QED) is 0.468. The standard InChI is InChI=1S/C17H27NOS/c1-2-3-4-5-6-7-8-11-14-19-16-13-10-9-12-15(16)17(18)20/h9-10,12-13H,2-8,11,14H2,1H3,(H2,18,20). The third-order valence-corrected chi connectivity index (χ3v) is 3.63. The smallest absolute Gasteiger partial charge is 0.129 e. The molecule has 0 aliphatic rings. The van der Waals surface area contributed by atoms with Crippen molar-refractivity contribution in [1.82, 2.24) is 0 Å². The minimum Gasteiger partial charge on any atom is -0.493 e. The first-order valence-electron chi connectivity index (χ1n) is 7.77. The van der Waals surface area contributed by atoms with Gasteiger partial charge < -0.3 is 10.5 Å². The third kappa shape index (κ3) is 6.90. The largest absolute Gasteiger partial charge is 0.493 e. The highest BCUT2D eigenvalue weighted by Crippen LogP contribution is 2.18. The molecule has 20 heavy (non-hydrogen) atoms. The van der Waals surface area contributed by atoms with E-state index in [-0.39, 0.29) is 0 Å². The Morgan fingerprint density at radius 3 is 2.25 bits per heavy atom. The van der Waals surface area contributed by atoms with Crippen LogP contribution in [0.3, 0.4) is 0 Å². The zero-order valence-electron chi connectivity index (χ0n) is 12.6. The fraction of sp³-hybridized carbons (Fsp3) is 0.588. The Hall–Kier alpha value is -1.09. The molecule has 0 fully saturated rings. The molecule has 2 N–H and O–H groups in total. The van der Waals surface area contributed by atoms with Gasteiger partial charge >= 0.3 is 0 Å². The number of benzene rings is 1. The molecule has 0 amide bonds. The summed E-state index contributed by atoms with van der Waals surface area (Å²) >= 11 is 5.02. The molecule has 0 aliphatic carbocycles. The average Bonchev–Trinajstić information content (AvgIpc) is 2.46. The molecule has 0 spiro atoms. The van der Waals surface area contributed by atoms with Crippen LogP contribution in [0, 0.1) is 0 Å². The van der Waals surface area contributed by atoms with E-state index in [1.165, 1.54) is 44.9 Å². The molecule has 0 aliphatic heterocycles. The van der Waals surface area contributed by atoms with Crippen LogP contribution in [0.1, 0.15) is 63.9 Å². The maximum absolute atomic E-state index is 5.78. The summed E-state index contributed by atoms with van der Waals surface area (Å²) in [5.74, 6) is 0.808. The summed E-state index contributed by atoms with van der Waals surface area (Å²) in [6.45, 7) is 3.00. The molecule has 0 saturated heterocycles. The monoisotopic (exact) mass is 293 g/mol. The summed E-state index contributed by atoms with van der Waals surface area (Å²) in [5, 5.41) is 0. The second kappa shape index (κ2) is 10.7. The van der Waals surface area contributed by atoms with Gasteiger partial charge in [0.25, 0.3) is 0 Å². The first kappa shape index (κ1) is 17.0. The number of unbranched alkanes of at least 4 members (excludes halogenated alkanes) is 7. The summed E-state index contributed by atoms with van der Waals surface area (Å²) in [6.07, 6.45) is 10.4. The maximum Gasteiger partial charge on any atom is 0.129 e. The summed E-state index contributed by atoms with van der Waals surface area (Å²) in [6, 6.07) is 7.72. The van der Waals surface area contributed by atoms with Gasteiger partial charge in [-0.05, 0) is 18.6 Å². The van der Waals surface area contributed by atoms with Crippen molar-refractivity contribution in [3.63, 3.8) is 0 Å². The van der Waals surface area contributed by atoms with Gasteiger partial charge in [-0.15, -0.1) is 0 Å². The van der Waals surface area contributed by atoms with E-state index in [0.717, 1.165) is 24.3 Å². The van der Waals surface area contributed by atoms with Crippen molar-refractivity contribution in [3.05, 3.63) is 29.8 Å². The predicted molar refractivity (Wildman–Crippen MR) is 90.4 cm³/mol. The summed E-state index contributed by atoms with van der Waals surface area (Å²) in [4.78, 5) is 0.400. The van der Waals surface area contributed by atoms with Gasteiger partial charge in [0.1, 0.15) is 10.7 Å². The van der Waals surface area contributed by atoms with Crippen LogP contribution in [0.2, 0.25) is 0 Å². The van der Waals surface area contributed by atoms with Crippen molar-refractivity contribution >= 4 is 17.2 Å². The van der Waals surface area contributed by atoms with E-state index in [2.05, 4.69) is 6.92 Å². The van der Waals surface area contributed by atoms with Gasteiger partial charge in [-0.2, -0.15) is 0 Å². The molecule has 1 aromatic carbocycles. The minimum absolute atomic E-state index is 0.400. The van der Waals surface area contributed by atoms with Gasteiger partial charge in [-0.25, -0.2) is 0 Å². The van der Waals surface area contributed by atoms with Crippen LogP contribution in [0.25, 0.3) is 0 Å². The molecular formula is C17H27NOS. The highest BCUT2D eigenvalue weighted by molar-refractivity contribution is 7.80. The number of hydrogen-bond acceptors (Lipinski definition) is 2. The molecule has 0 radical (unpaired) electrons. The summed E-state index contributed by atoms with van der Waals surface area (Å²) in [5.41, 5.74) is 6.51. The molecule has 0 heterocycles. The zero-order valence-corrected chi connectivity index (χ0v) is 13.4. The maximum atomic E-state index is 5.78. The Balaban J connectivity index is 2.11. The zero-order chi connectivity index (χ0) is 14.6. The lowest BCUT2D eigenvalue weighted by Crippen LogP contribution is -2.12. The van der Waals surface area contributed by atoms with Crippen LogP contribution in [-0.2, 0) is 0 Å². The number of nitrogens with two attached hydrogens (primary N) is 1. The molecular weight excluding hydrogens is 266 g/mol. The van der Waals surface area contributed by atoms with Crippen LogP contribution in [0.5, 0.6) is 5.75 Å². The van der Waals surface area contributed by atoms with Crippen molar-refractivity contribution in [2.75, 3.05) is 6.61 Å². The average molecular weight is 293 g/mol. The highest BCUT2D eigenvalue weighted by atomic mass is 32.1. The molecule has 3 heteroatoms. The van der Waals surface area contributed by atoms with Crippen LogP contribution in [-0.4, -0.2) is 11.6 Å². The second-order valence-corrected chi connectivity index (χ2v) is 5.62. The van der Waals surface area contributed by atoms with E-state index in [1.807, 2.05) is 24.3 Å². The SMILES string of the molecule is CCCCCCCCCCOc1ccccc1C(N)=S. The molecule has 0 atom stereocenters. The molecule has 112 valence electrons. The Morgan fingerprint density at radius 1 is 1.00 bits per heavy atom. The van der Waals surface area contributed by atoms with Gasteiger partial charge in [-0.1, -0.05) is 76.2 Å². The van der Waals surface area contributed by atoms with Crippen molar-refractivity contribution in [3.8, 4) is 5.75 Å². The van der Waals surface area contributed by atoms with Gasteiger partial charge in [0, 0.05) is 0 Å². The Labute approximate surface area is 128 Å². The van der Waals surface area contributed by atoms with E-state index in [9.17, 15) is 0 Å². The van der Waals surface area contributed by atoms with Crippen LogP contribution in [0.4, 0.5) is 0 Å². The fourth-order valence-corrected chi connectivity index (χ4v) is 2.38. The topological polar surface area (TPSA) is 35.2 Å². The lowest BCUT2D eigenvalue weighted by Gasteiger charge is -2.10. The fourth-order valence-electron chi connectivity index (χ4n) is 2.21. The Kier molecular flexibility index (Phi) is 9.05. The van der Waals surface area contributed by atoms with Crippen molar-refractivity contribution < 1.29 is 4.74 Å². The molecule has 0 aromatic heterocycles. The van der Waals surface area contributed by atoms with E-state index >= 15 is 0 Å². The first-order valence-corrected chi connectivity index (χ1v) is 8.18. The number of rotatable bonds is 11. The van der Waals surface area contributed by atoms with Crippen LogP contribution < -0.4 is 10.5 Å². The number of hydrogen-bond donors (Lipinski definition) is 1. The van der Waals surface area contributed by atoms with E-state index in [0.29, 0.717) is 4.99 Å². The minimum atomic E-state index is 0.400. The predicted octanol–water partition coefficient (Wildman–Crippen LogP) is 4.84. The van der Waals surface area contributed by atoms with Gasteiger partial charge in [-0.3, -0.25) is 0 Å². The number of para-hydroxylation sites is 1. The Morgan fingerprint density at radius 2 is 1.60 bits per heavy atom. The molecule has 1 rings (SSSR count). The molecule has 2 nitrogen and oxygen atoms in total. The number of ether oxygens (including phenoxy) is 1. The Bertz CT molecular complexity index is 392. The summed E-state index contributed by atoms with van der Waals surface area (Å²) in [7, 11) is 0. The number of thiocarbonyl (C=S) groups is 1. The lowest BCUT2D eigenvalue weighted by molar-refractivity contribution is 0.304. The molecule has 1 aromatic rings. The van der Waals surface area contributed by atoms with Crippen molar-refractivity contribution in [2.24, 2.45) is 5.73 Å². The first-order chi connectivity index (χ1) is 9.75. The van der Waals surface area contributed by atoms with Crippen LogP contribution in [0.15, 0.2) is 24.3 Å². The second-order valence-electron chi connectivity index (χ2n) is 5.18. The molecule has 0 bridgehead atoms. The van der Waals surface area contributed by atoms with E-state index in [1.54, 1.807) is 0 Å². The van der Waals surface area contributed by atoms with Crippen LogP contribution >= 0.6 is 12.2 Å². The van der Waals surface area contributed by atoms with E-state index in [4.69, 9.17) is 22.7 Å². The van der Waals surface area contributed by atoms with E-state index < -0.39 is 0 Å². The van der Waals surface area contributed by atoms with Gasteiger partial charge in [0.2, 0.25) is 0 Å². The lowest BCUT2D eigenvalue weighted by atomic mass is 10.1. The van der Waals surface area contributed by atoms with Gasteiger partial charge in [0.05, 0.1) is 12.2 Å². The highest BCUT2D eigenvalue weighted by Gasteiger charge is 2.04. The normalized spacial score (nSPS) is 10.4. The van der Waals surface area contributed by atoms with Gasteiger partial charge in [0.15, 0.2) is 0 Å². The molecule has 0 unspecified atom stereocenters. The van der Waals surface area contributed by atoms with Crippen molar-refractivity contribution in [2.45, 2.75) is 58.3 Å². The van der Waals surface area contributed by atoms with Crippen molar-refractivity contribution in [1.29, 1.82) is 0 Å². The molecule has 0 saturated carbocycles. The third-order valence-electron chi connectivity index (χ3n) is 3.41.